The van der Waals surface area contributed by atoms with E-state index in [0.29, 0.717) is 45.8 Å². The Bertz CT molecular complexity index is 513. The molecule has 0 aromatic heterocycles. The molecule has 2 N–H and O–H groups in total. The van der Waals surface area contributed by atoms with Gasteiger partial charge in [0.1, 0.15) is 0 Å². The van der Waals surface area contributed by atoms with Gasteiger partial charge in [-0.1, -0.05) is 30.3 Å². The molecule has 2 amide bonds. The van der Waals surface area contributed by atoms with Crippen molar-refractivity contribution < 1.29 is 9.59 Å². The van der Waals surface area contributed by atoms with Crippen molar-refractivity contribution in [2.75, 3.05) is 45.8 Å². The molecule has 1 aliphatic heterocycles. The minimum absolute atomic E-state index is 0.0749. The number of nitrogens with two attached hydrogens (primary N) is 1. The summed E-state index contributed by atoms with van der Waals surface area (Å²) in [5.41, 5.74) is 6.85. The number of nitrogens with zero attached hydrogens (tertiary/aromatic N) is 3. The van der Waals surface area contributed by atoms with Gasteiger partial charge in [-0.05, 0) is 5.56 Å². The first-order valence-corrected chi connectivity index (χ1v) is 8.10. The lowest BCUT2D eigenvalue weighted by Gasteiger charge is -2.35. The molecule has 6 heteroatoms. The van der Waals surface area contributed by atoms with E-state index in [0.717, 1.165) is 6.54 Å². The number of piperazine rings is 1. The van der Waals surface area contributed by atoms with E-state index in [-0.39, 0.29) is 11.8 Å². The van der Waals surface area contributed by atoms with E-state index in [1.807, 2.05) is 23.1 Å². The van der Waals surface area contributed by atoms with Crippen molar-refractivity contribution in [3.05, 3.63) is 35.9 Å². The largest absolute Gasteiger partial charge is 0.339 e. The van der Waals surface area contributed by atoms with Gasteiger partial charge in [0.2, 0.25) is 11.8 Å². The van der Waals surface area contributed by atoms with Gasteiger partial charge < -0.3 is 15.5 Å². The summed E-state index contributed by atoms with van der Waals surface area (Å²) < 4.78 is 0. The van der Waals surface area contributed by atoms with E-state index >= 15 is 0 Å². The van der Waals surface area contributed by atoms with Gasteiger partial charge in [-0.3, -0.25) is 14.5 Å². The topological polar surface area (TPSA) is 69.9 Å². The maximum absolute atomic E-state index is 12.5. The first kappa shape index (κ1) is 17.4. The molecule has 1 aromatic rings. The summed E-state index contributed by atoms with van der Waals surface area (Å²) in [7, 11) is 0. The molecular weight excluding hydrogens is 292 g/mol. The molecule has 23 heavy (non-hydrogen) atoms. The summed E-state index contributed by atoms with van der Waals surface area (Å²) in [4.78, 5) is 29.5. The standard InChI is InChI=1S/C17H26N4O2/c1-15(22)20-9-11-21(12-10-20)17(23)14-19(8-7-18)13-16-5-3-2-4-6-16/h2-6H,7-14,18H2,1H3. The van der Waals surface area contributed by atoms with Gasteiger partial charge in [0.05, 0.1) is 6.54 Å². The summed E-state index contributed by atoms with van der Waals surface area (Å²) in [5.74, 6) is 0.184. The van der Waals surface area contributed by atoms with Gasteiger partial charge >= 0.3 is 0 Å². The second kappa shape index (κ2) is 8.64. The maximum atomic E-state index is 12.5. The number of benzene rings is 1. The van der Waals surface area contributed by atoms with Crippen molar-refractivity contribution in [3.8, 4) is 0 Å². The molecular formula is C17H26N4O2. The molecule has 0 aliphatic carbocycles. The van der Waals surface area contributed by atoms with Crippen LogP contribution in [0.2, 0.25) is 0 Å². The van der Waals surface area contributed by atoms with E-state index in [1.54, 1.807) is 11.8 Å². The third-order valence-electron chi connectivity index (χ3n) is 4.13. The van der Waals surface area contributed by atoms with Crippen molar-refractivity contribution in [1.82, 2.24) is 14.7 Å². The summed E-state index contributed by atoms with van der Waals surface area (Å²) >= 11 is 0. The molecule has 0 saturated carbocycles. The number of carbonyl (C=O) groups excluding carboxylic acids is 2. The smallest absolute Gasteiger partial charge is 0.236 e. The zero-order chi connectivity index (χ0) is 16.7. The number of hydrogen-bond donors (Lipinski definition) is 1. The third-order valence-corrected chi connectivity index (χ3v) is 4.13. The Morgan fingerprint density at radius 2 is 1.70 bits per heavy atom. The molecule has 1 aromatic carbocycles. The highest BCUT2D eigenvalue weighted by molar-refractivity contribution is 5.79. The lowest BCUT2D eigenvalue weighted by molar-refractivity contribution is -0.139. The monoisotopic (exact) mass is 318 g/mol. The van der Waals surface area contributed by atoms with E-state index in [1.165, 1.54) is 5.56 Å². The number of carbonyl (C=O) groups is 2. The van der Waals surface area contributed by atoms with Crippen LogP contribution in [0.5, 0.6) is 0 Å². The predicted molar refractivity (Wildman–Crippen MR) is 89.6 cm³/mol. The lowest BCUT2D eigenvalue weighted by atomic mass is 10.2. The fourth-order valence-corrected chi connectivity index (χ4v) is 2.80. The Morgan fingerprint density at radius 1 is 1.09 bits per heavy atom. The molecule has 1 saturated heterocycles. The number of amides is 2. The van der Waals surface area contributed by atoms with Crippen LogP contribution in [0.1, 0.15) is 12.5 Å². The highest BCUT2D eigenvalue weighted by Gasteiger charge is 2.23. The molecule has 0 radical (unpaired) electrons. The first-order valence-electron chi connectivity index (χ1n) is 8.10. The fraction of sp³-hybridized carbons (Fsp3) is 0.529. The number of hydrogen-bond acceptors (Lipinski definition) is 4. The Balaban J connectivity index is 1.87. The second-order valence-electron chi connectivity index (χ2n) is 5.87. The summed E-state index contributed by atoms with van der Waals surface area (Å²) in [5, 5.41) is 0. The summed E-state index contributed by atoms with van der Waals surface area (Å²) in [6.45, 7) is 6.34. The van der Waals surface area contributed by atoms with Crippen molar-refractivity contribution in [2.45, 2.75) is 13.5 Å². The molecule has 0 atom stereocenters. The number of rotatable bonds is 6. The highest BCUT2D eigenvalue weighted by Crippen LogP contribution is 2.07. The minimum Gasteiger partial charge on any atom is -0.339 e. The van der Waals surface area contributed by atoms with Crippen LogP contribution in [-0.2, 0) is 16.1 Å². The quantitative estimate of drug-likeness (QED) is 0.810. The lowest BCUT2D eigenvalue weighted by Crippen LogP contribution is -2.52. The summed E-state index contributed by atoms with van der Waals surface area (Å²) in [6.07, 6.45) is 0. The van der Waals surface area contributed by atoms with Gasteiger partial charge in [-0.25, -0.2) is 0 Å². The highest BCUT2D eigenvalue weighted by atomic mass is 16.2. The van der Waals surface area contributed by atoms with E-state index in [4.69, 9.17) is 5.73 Å². The normalized spacial score (nSPS) is 15.1. The van der Waals surface area contributed by atoms with Crippen LogP contribution in [0, 0.1) is 0 Å². The van der Waals surface area contributed by atoms with Gasteiger partial charge in [-0.15, -0.1) is 0 Å². The van der Waals surface area contributed by atoms with Crippen LogP contribution in [-0.4, -0.2) is 72.3 Å². The van der Waals surface area contributed by atoms with Crippen LogP contribution in [0.4, 0.5) is 0 Å². The molecule has 6 nitrogen and oxygen atoms in total. The molecule has 0 unspecified atom stereocenters. The molecule has 1 heterocycles. The third kappa shape index (κ3) is 5.33. The van der Waals surface area contributed by atoms with E-state index in [2.05, 4.69) is 17.0 Å². The van der Waals surface area contributed by atoms with Crippen LogP contribution in [0.3, 0.4) is 0 Å². The molecule has 0 bridgehead atoms. The SMILES string of the molecule is CC(=O)N1CCN(C(=O)CN(CCN)Cc2ccccc2)CC1. The van der Waals surface area contributed by atoms with Gasteiger partial charge in [-0.2, -0.15) is 0 Å². The van der Waals surface area contributed by atoms with Crippen molar-refractivity contribution in [2.24, 2.45) is 5.73 Å². The zero-order valence-corrected chi connectivity index (χ0v) is 13.8. The van der Waals surface area contributed by atoms with Crippen molar-refractivity contribution >= 4 is 11.8 Å². The van der Waals surface area contributed by atoms with Crippen molar-refractivity contribution in [3.63, 3.8) is 0 Å². The minimum atomic E-state index is 0.0749. The Hall–Kier alpha value is -1.92. The molecule has 1 fully saturated rings. The van der Waals surface area contributed by atoms with E-state index in [9.17, 15) is 9.59 Å². The molecule has 1 aliphatic rings. The van der Waals surface area contributed by atoms with Gasteiger partial charge in [0, 0.05) is 52.7 Å². The van der Waals surface area contributed by atoms with Crippen LogP contribution in [0.25, 0.3) is 0 Å². The maximum Gasteiger partial charge on any atom is 0.236 e. The second-order valence-corrected chi connectivity index (χ2v) is 5.87. The first-order chi connectivity index (χ1) is 11.1. The molecule has 126 valence electrons. The molecule has 2 rings (SSSR count). The van der Waals surface area contributed by atoms with Crippen molar-refractivity contribution in [1.29, 1.82) is 0 Å². The van der Waals surface area contributed by atoms with Crippen LogP contribution >= 0.6 is 0 Å². The van der Waals surface area contributed by atoms with Gasteiger partial charge in [0.25, 0.3) is 0 Å². The van der Waals surface area contributed by atoms with Crippen LogP contribution in [0.15, 0.2) is 30.3 Å². The molecule has 0 spiro atoms. The fourth-order valence-electron chi connectivity index (χ4n) is 2.80. The average Bonchev–Trinajstić information content (AvgIpc) is 2.56. The zero-order valence-electron chi connectivity index (χ0n) is 13.8. The Kier molecular flexibility index (Phi) is 6.55. The predicted octanol–water partition coefficient (Wildman–Crippen LogP) is 0.138. The van der Waals surface area contributed by atoms with E-state index < -0.39 is 0 Å². The Morgan fingerprint density at radius 3 is 2.26 bits per heavy atom. The van der Waals surface area contributed by atoms with Gasteiger partial charge in [0.15, 0.2) is 0 Å². The Labute approximate surface area is 137 Å². The average molecular weight is 318 g/mol. The summed E-state index contributed by atoms with van der Waals surface area (Å²) in [6, 6.07) is 10.1. The van der Waals surface area contributed by atoms with Crippen LogP contribution < -0.4 is 5.73 Å².